The Bertz CT molecular complexity index is 544. The summed E-state index contributed by atoms with van der Waals surface area (Å²) in [5.74, 6) is -0.477. The first kappa shape index (κ1) is 13.4. The fourth-order valence-electron chi connectivity index (χ4n) is 1.61. The fourth-order valence-corrected chi connectivity index (χ4v) is 1.61. The Morgan fingerprint density at radius 3 is 2.68 bits per heavy atom. The number of hydrogen-bond donors (Lipinski definition) is 1. The average molecular weight is 264 g/mol. The molecule has 0 bridgehead atoms. The number of benzene rings is 1. The molecule has 0 amide bonds. The molecule has 1 heterocycles. The molecule has 100 valence electrons. The van der Waals surface area contributed by atoms with Gasteiger partial charge in [0.15, 0.2) is 0 Å². The predicted octanol–water partition coefficient (Wildman–Crippen LogP) is 2.44. The smallest absolute Gasteiger partial charge is 0.138 e. The van der Waals surface area contributed by atoms with Crippen molar-refractivity contribution in [1.82, 2.24) is 4.98 Å². The van der Waals surface area contributed by atoms with Crippen LogP contribution < -0.4 is 10.5 Å². The van der Waals surface area contributed by atoms with Crippen molar-refractivity contribution in [3.8, 4) is 5.75 Å². The Labute approximate surface area is 110 Å². The van der Waals surface area contributed by atoms with Crippen molar-refractivity contribution in [2.45, 2.75) is 13.0 Å². The van der Waals surface area contributed by atoms with Crippen LogP contribution in [0.2, 0.25) is 0 Å². The molecule has 0 spiro atoms. The van der Waals surface area contributed by atoms with E-state index in [0.29, 0.717) is 18.7 Å². The highest BCUT2D eigenvalue weighted by Crippen LogP contribution is 2.15. The van der Waals surface area contributed by atoms with Crippen LogP contribution in [0.4, 0.5) is 8.78 Å². The second kappa shape index (κ2) is 6.24. The number of nitrogens with zero attached hydrogens (tertiary/aromatic N) is 1. The van der Waals surface area contributed by atoms with E-state index >= 15 is 0 Å². The van der Waals surface area contributed by atoms with Crippen molar-refractivity contribution in [3.63, 3.8) is 0 Å². The van der Waals surface area contributed by atoms with Gasteiger partial charge in [-0.25, -0.2) is 8.78 Å². The molecule has 2 rings (SSSR count). The summed E-state index contributed by atoms with van der Waals surface area (Å²) in [6.07, 6.45) is 2.24. The van der Waals surface area contributed by atoms with E-state index in [2.05, 4.69) is 4.98 Å². The molecule has 0 unspecified atom stereocenters. The zero-order valence-corrected chi connectivity index (χ0v) is 10.3. The van der Waals surface area contributed by atoms with Crippen molar-refractivity contribution in [2.75, 3.05) is 6.54 Å². The van der Waals surface area contributed by atoms with Crippen LogP contribution in [0, 0.1) is 11.6 Å². The van der Waals surface area contributed by atoms with E-state index in [4.69, 9.17) is 10.5 Å². The third kappa shape index (κ3) is 3.72. The van der Waals surface area contributed by atoms with Crippen molar-refractivity contribution in [1.29, 1.82) is 0 Å². The van der Waals surface area contributed by atoms with E-state index in [1.165, 1.54) is 0 Å². The predicted molar refractivity (Wildman–Crippen MR) is 67.7 cm³/mol. The highest BCUT2D eigenvalue weighted by atomic mass is 19.1. The topological polar surface area (TPSA) is 48.1 Å². The molecule has 5 heteroatoms. The lowest BCUT2D eigenvalue weighted by Gasteiger charge is -2.07. The zero-order valence-electron chi connectivity index (χ0n) is 10.3. The minimum Gasteiger partial charge on any atom is -0.487 e. The molecule has 2 aromatic rings. The first-order chi connectivity index (χ1) is 9.19. The zero-order chi connectivity index (χ0) is 13.7. The van der Waals surface area contributed by atoms with E-state index in [0.717, 1.165) is 23.9 Å². The van der Waals surface area contributed by atoms with Crippen LogP contribution in [-0.2, 0) is 13.0 Å². The van der Waals surface area contributed by atoms with E-state index in [1.54, 1.807) is 18.3 Å². The number of aromatic nitrogens is 1. The summed E-state index contributed by atoms with van der Waals surface area (Å²) in [7, 11) is 0. The van der Waals surface area contributed by atoms with Crippen molar-refractivity contribution in [3.05, 3.63) is 59.4 Å². The Balaban J connectivity index is 2.00. The van der Waals surface area contributed by atoms with Gasteiger partial charge in [-0.1, -0.05) is 0 Å². The maximum absolute atomic E-state index is 13.4. The largest absolute Gasteiger partial charge is 0.487 e. The second-order valence-corrected chi connectivity index (χ2v) is 4.05. The minimum absolute atomic E-state index is 0.0402. The van der Waals surface area contributed by atoms with Gasteiger partial charge in [0.2, 0.25) is 0 Å². The molecule has 1 aromatic carbocycles. The van der Waals surface area contributed by atoms with Gasteiger partial charge in [0.1, 0.15) is 24.0 Å². The summed E-state index contributed by atoms with van der Waals surface area (Å²) < 4.78 is 31.7. The molecule has 0 aliphatic carbocycles. The number of pyridine rings is 1. The van der Waals surface area contributed by atoms with Crippen LogP contribution in [0.3, 0.4) is 0 Å². The molecule has 19 heavy (non-hydrogen) atoms. The molecule has 0 saturated carbocycles. The van der Waals surface area contributed by atoms with E-state index < -0.39 is 11.6 Å². The third-order valence-electron chi connectivity index (χ3n) is 2.60. The van der Waals surface area contributed by atoms with Gasteiger partial charge in [-0.15, -0.1) is 0 Å². The quantitative estimate of drug-likeness (QED) is 0.902. The van der Waals surface area contributed by atoms with Crippen LogP contribution >= 0.6 is 0 Å². The summed E-state index contributed by atoms with van der Waals surface area (Å²) >= 11 is 0. The molecule has 0 saturated heterocycles. The third-order valence-corrected chi connectivity index (χ3v) is 2.60. The van der Waals surface area contributed by atoms with Crippen molar-refractivity contribution >= 4 is 0 Å². The molecule has 0 aliphatic rings. The summed E-state index contributed by atoms with van der Waals surface area (Å²) in [5, 5.41) is 0. The molecule has 0 radical (unpaired) electrons. The van der Waals surface area contributed by atoms with Crippen LogP contribution in [0.25, 0.3) is 0 Å². The lowest BCUT2D eigenvalue weighted by Crippen LogP contribution is -2.04. The van der Waals surface area contributed by atoms with Crippen LogP contribution in [0.15, 0.2) is 36.5 Å². The van der Waals surface area contributed by atoms with Gasteiger partial charge in [-0.05, 0) is 36.9 Å². The number of nitrogens with two attached hydrogens (primary N) is 1. The van der Waals surface area contributed by atoms with Crippen LogP contribution in [0.1, 0.15) is 11.3 Å². The second-order valence-electron chi connectivity index (χ2n) is 4.05. The van der Waals surface area contributed by atoms with Gasteiger partial charge >= 0.3 is 0 Å². The molecular weight excluding hydrogens is 250 g/mol. The fraction of sp³-hybridized carbons (Fsp3) is 0.214. The van der Waals surface area contributed by atoms with Gasteiger partial charge in [-0.3, -0.25) is 4.98 Å². The molecular formula is C14H14F2N2O. The van der Waals surface area contributed by atoms with Crippen molar-refractivity contribution < 1.29 is 13.5 Å². The number of halogens is 2. The molecule has 0 atom stereocenters. The van der Waals surface area contributed by atoms with Gasteiger partial charge < -0.3 is 10.5 Å². The van der Waals surface area contributed by atoms with Gasteiger partial charge in [0.25, 0.3) is 0 Å². The van der Waals surface area contributed by atoms with Crippen LogP contribution in [0.5, 0.6) is 5.75 Å². The SMILES string of the molecule is NCCc1ccc(OCc2cc(F)ccc2F)cn1. The highest BCUT2D eigenvalue weighted by molar-refractivity contribution is 5.22. The lowest BCUT2D eigenvalue weighted by atomic mass is 10.2. The molecule has 3 nitrogen and oxygen atoms in total. The number of ether oxygens (including phenoxy) is 1. The normalized spacial score (nSPS) is 10.5. The average Bonchev–Trinajstić information content (AvgIpc) is 2.42. The van der Waals surface area contributed by atoms with Gasteiger partial charge in [0.05, 0.1) is 6.20 Å². The maximum atomic E-state index is 13.4. The lowest BCUT2D eigenvalue weighted by molar-refractivity contribution is 0.297. The van der Waals surface area contributed by atoms with E-state index in [-0.39, 0.29) is 12.2 Å². The van der Waals surface area contributed by atoms with Gasteiger partial charge in [0, 0.05) is 17.7 Å². The minimum atomic E-state index is -0.492. The summed E-state index contributed by atoms with van der Waals surface area (Å²) in [4.78, 5) is 4.15. The highest BCUT2D eigenvalue weighted by Gasteiger charge is 2.05. The first-order valence-electron chi connectivity index (χ1n) is 5.91. The van der Waals surface area contributed by atoms with Crippen molar-refractivity contribution in [2.24, 2.45) is 5.73 Å². The Kier molecular flexibility index (Phi) is 4.41. The van der Waals surface area contributed by atoms with Gasteiger partial charge in [-0.2, -0.15) is 0 Å². The summed E-state index contributed by atoms with van der Waals surface area (Å²) in [6, 6.07) is 6.80. The standard InChI is InChI=1S/C14H14F2N2O/c15-11-1-4-14(16)10(7-11)9-19-13-3-2-12(5-6-17)18-8-13/h1-4,7-8H,5-6,9,17H2. The van der Waals surface area contributed by atoms with E-state index in [1.807, 2.05) is 0 Å². The molecule has 2 N–H and O–H groups in total. The number of hydrogen-bond acceptors (Lipinski definition) is 3. The molecule has 0 fully saturated rings. The Morgan fingerprint density at radius 1 is 1.16 bits per heavy atom. The molecule has 0 aliphatic heterocycles. The van der Waals surface area contributed by atoms with E-state index in [9.17, 15) is 8.78 Å². The summed E-state index contributed by atoms with van der Waals surface area (Å²) in [5.41, 5.74) is 6.46. The Morgan fingerprint density at radius 2 is 2.00 bits per heavy atom. The first-order valence-corrected chi connectivity index (χ1v) is 5.91. The monoisotopic (exact) mass is 264 g/mol. The van der Waals surface area contributed by atoms with Crippen LogP contribution in [-0.4, -0.2) is 11.5 Å². The maximum Gasteiger partial charge on any atom is 0.138 e. The summed E-state index contributed by atoms with van der Waals surface area (Å²) in [6.45, 7) is 0.489. The Hall–Kier alpha value is -2.01. The number of rotatable bonds is 5. The molecule has 1 aromatic heterocycles.